The van der Waals surface area contributed by atoms with Crippen molar-refractivity contribution in [2.75, 3.05) is 11.1 Å². The number of halogens is 2. The van der Waals surface area contributed by atoms with Gasteiger partial charge in [-0.25, -0.2) is 0 Å². The summed E-state index contributed by atoms with van der Waals surface area (Å²) >= 11 is 11.8. The van der Waals surface area contributed by atoms with Gasteiger partial charge in [0.2, 0.25) is 0 Å². The van der Waals surface area contributed by atoms with E-state index >= 15 is 0 Å². The first kappa shape index (κ1) is 13.7. The monoisotopic (exact) mass is 294 g/mol. The number of hydrogen-bond donors (Lipinski definition) is 2. The number of carbonyl (C=O) groups excluding carboxylic acids is 1. The molecule has 5 heteroatoms. The largest absolute Gasteiger partial charge is 0.398 e. The molecule has 0 saturated heterocycles. The average molecular weight is 295 g/mol. The van der Waals surface area contributed by atoms with Crippen LogP contribution in [-0.4, -0.2) is 5.91 Å². The second-order valence-corrected chi connectivity index (χ2v) is 4.99. The van der Waals surface area contributed by atoms with Crippen molar-refractivity contribution in [3.63, 3.8) is 0 Å². The number of benzene rings is 2. The highest BCUT2D eigenvalue weighted by molar-refractivity contribution is 6.36. The number of rotatable bonds is 2. The van der Waals surface area contributed by atoms with Gasteiger partial charge in [-0.2, -0.15) is 0 Å². The standard InChI is InChI=1S/C14H12Cl2N2O/c1-8-2-4-10(7-13(8)17)18-14(19)11-6-9(15)3-5-12(11)16/h2-7H,17H2,1H3,(H,18,19). The van der Waals surface area contributed by atoms with E-state index in [1.165, 1.54) is 6.07 Å². The molecule has 0 bridgehead atoms. The third kappa shape index (κ3) is 3.19. The second-order valence-electron chi connectivity index (χ2n) is 4.15. The van der Waals surface area contributed by atoms with Crippen LogP contribution in [0.5, 0.6) is 0 Å². The van der Waals surface area contributed by atoms with E-state index in [4.69, 9.17) is 28.9 Å². The summed E-state index contributed by atoms with van der Waals surface area (Å²) in [6.45, 7) is 1.90. The third-order valence-corrected chi connectivity index (χ3v) is 3.27. The van der Waals surface area contributed by atoms with Gasteiger partial charge in [-0.3, -0.25) is 4.79 Å². The molecule has 0 radical (unpaired) electrons. The van der Waals surface area contributed by atoms with Crippen LogP contribution in [0.2, 0.25) is 10.0 Å². The van der Waals surface area contributed by atoms with E-state index in [0.717, 1.165) is 5.56 Å². The number of nitrogen functional groups attached to an aromatic ring is 1. The molecule has 0 atom stereocenters. The van der Waals surface area contributed by atoms with Gasteiger partial charge in [0.05, 0.1) is 10.6 Å². The van der Waals surface area contributed by atoms with Crippen molar-refractivity contribution in [3.8, 4) is 0 Å². The number of hydrogen-bond acceptors (Lipinski definition) is 2. The quantitative estimate of drug-likeness (QED) is 0.818. The minimum absolute atomic E-state index is 0.323. The molecule has 0 spiro atoms. The van der Waals surface area contributed by atoms with Crippen molar-refractivity contribution in [2.45, 2.75) is 6.92 Å². The van der Waals surface area contributed by atoms with Crippen LogP contribution in [0.3, 0.4) is 0 Å². The Labute approximate surface area is 121 Å². The molecule has 98 valence electrons. The van der Waals surface area contributed by atoms with Gasteiger partial charge in [0, 0.05) is 16.4 Å². The molecule has 0 unspecified atom stereocenters. The predicted octanol–water partition coefficient (Wildman–Crippen LogP) is 4.14. The maximum absolute atomic E-state index is 12.1. The van der Waals surface area contributed by atoms with Gasteiger partial charge in [0.15, 0.2) is 0 Å². The normalized spacial score (nSPS) is 10.3. The highest BCUT2D eigenvalue weighted by atomic mass is 35.5. The van der Waals surface area contributed by atoms with Crippen LogP contribution in [0.1, 0.15) is 15.9 Å². The lowest BCUT2D eigenvalue weighted by Crippen LogP contribution is -2.12. The van der Waals surface area contributed by atoms with Crippen molar-refractivity contribution in [1.82, 2.24) is 0 Å². The van der Waals surface area contributed by atoms with Crippen molar-refractivity contribution < 1.29 is 4.79 Å². The summed E-state index contributed by atoms with van der Waals surface area (Å²) in [6.07, 6.45) is 0. The zero-order chi connectivity index (χ0) is 14.0. The Bertz CT molecular complexity index is 641. The molecule has 3 N–H and O–H groups in total. The van der Waals surface area contributed by atoms with Gasteiger partial charge < -0.3 is 11.1 Å². The van der Waals surface area contributed by atoms with Crippen LogP contribution in [0.4, 0.5) is 11.4 Å². The summed E-state index contributed by atoms with van der Waals surface area (Å²) in [4.78, 5) is 12.1. The summed E-state index contributed by atoms with van der Waals surface area (Å²) in [5.41, 5.74) is 8.31. The SMILES string of the molecule is Cc1ccc(NC(=O)c2cc(Cl)ccc2Cl)cc1N. The van der Waals surface area contributed by atoms with Gasteiger partial charge in [0.25, 0.3) is 5.91 Å². The third-order valence-electron chi connectivity index (χ3n) is 2.71. The Morgan fingerprint density at radius 2 is 1.89 bits per heavy atom. The van der Waals surface area contributed by atoms with E-state index in [9.17, 15) is 4.79 Å². The Hall–Kier alpha value is -1.71. The number of carbonyl (C=O) groups is 1. The average Bonchev–Trinajstić information content (AvgIpc) is 2.36. The number of nitrogens with two attached hydrogens (primary N) is 1. The first-order valence-corrected chi connectivity index (χ1v) is 6.35. The Balaban J connectivity index is 2.25. The van der Waals surface area contributed by atoms with Gasteiger partial charge in [-0.05, 0) is 42.8 Å². The van der Waals surface area contributed by atoms with E-state index in [1.54, 1.807) is 24.3 Å². The van der Waals surface area contributed by atoms with Crippen molar-refractivity contribution in [3.05, 3.63) is 57.6 Å². The zero-order valence-electron chi connectivity index (χ0n) is 10.2. The summed E-state index contributed by atoms with van der Waals surface area (Å²) in [5, 5.41) is 3.54. The summed E-state index contributed by atoms with van der Waals surface area (Å²) < 4.78 is 0. The van der Waals surface area contributed by atoms with Gasteiger partial charge in [0.1, 0.15) is 0 Å². The molecule has 0 aromatic heterocycles. The van der Waals surface area contributed by atoms with E-state index in [1.807, 2.05) is 13.0 Å². The van der Waals surface area contributed by atoms with Crippen LogP contribution >= 0.6 is 23.2 Å². The van der Waals surface area contributed by atoms with Crippen LogP contribution in [0, 0.1) is 6.92 Å². The van der Waals surface area contributed by atoms with Gasteiger partial charge in [-0.1, -0.05) is 29.3 Å². The van der Waals surface area contributed by atoms with E-state index in [-0.39, 0.29) is 5.91 Å². The Morgan fingerprint density at radius 3 is 2.58 bits per heavy atom. The number of nitrogens with one attached hydrogen (secondary N) is 1. The Kier molecular flexibility index (Phi) is 3.98. The maximum atomic E-state index is 12.1. The fraction of sp³-hybridized carbons (Fsp3) is 0.0714. The van der Waals surface area contributed by atoms with Crippen LogP contribution in [0.15, 0.2) is 36.4 Å². The topological polar surface area (TPSA) is 55.1 Å². The molecule has 1 amide bonds. The highest BCUT2D eigenvalue weighted by Gasteiger charge is 2.11. The number of amides is 1. The van der Waals surface area contributed by atoms with Crippen LogP contribution in [0.25, 0.3) is 0 Å². The van der Waals surface area contributed by atoms with Crippen molar-refractivity contribution in [1.29, 1.82) is 0 Å². The molecular weight excluding hydrogens is 283 g/mol. The lowest BCUT2D eigenvalue weighted by molar-refractivity contribution is 0.102. The summed E-state index contributed by atoms with van der Waals surface area (Å²) in [6, 6.07) is 10.1. The maximum Gasteiger partial charge on any atom is 0.257 e. The van der Waals surface area contributed by atoms with Crippen LogP contribution < -0.4 is 11.1 Å². The highest BCUT2D eigenvalue weighted by Crippen LogP contribution is 2.23. The molecule has 0 aliphatic carbocycles. The first-order valence-electron chi connectivity index (χ1n) is 5.60. The second kappa shape index (κ2) is 5.51. The van der Waals surface area contributed by atoms with Crippen LogP contribution in [-0.2, 0) is 0 Å². The molecule has 2 rings (SSSR count). The summed E-state index contributed by atoms with van der Waals surface area (Å²) in [7, 11) is 0. The van der Waals surface area contributed by atoms with Crippen molar-refractivity contribution >= 4 is 40.5 Å². The van der Waals surface area contributed by atoms with Crippen molar-refractivity contribution in [2.24, 2.45) is 0 Å². The molecule has 0 aliphatic rings. The molecule has 19 heavy (non-hydrogen) atoms. The van der Waals surface area contributed by atoms with E-state index in [0.29, 0.717) is 27.0 Å². The van der Waals surface area contributed by atoms with Gasteiger partial charge >= 0.3 is 0 Å². The summed E-state index contributed by atoms with van der Waals surface area (Å²) in [5.74, 6) is -0.323. The number of anilines is 2. The molecule has 0 fully saturated rings. The fourth-order valence-corrected chi connectivity index (χ4v) is 1.96. The minimum atomic E-state index is -0.323. The zero-order valence-corrected chi connectivity index (χ0v) is 11.7. The number of aryl methyl sites for hydroxylation is 1. The van der Waals surface area contributed by atoms with Gasteiger partial charge in [-0.15, -0.1) is 0 Å². The molecular formula is C14H12Cl2N2O. The molecule has 2 aromatic carbocycles. The smallest absolute Gasteiger partial charge is 0.257 e. The van der Waals surface area contributed by atoms with E-state index in [2.05, 4.69) is 5.32 Å². The fourth-order valence-electron chi connectivity index (χ4n) is 1.59. The molecule has 0 aliphatic heterocycles. The molecule has 3 nitrogen and oxygen atoms in total. The minimum Gasteiger partial charge on any atom is -0.398 e. The molecule has 2 aromatic rings. The van der Waals surface area contributed by atoms with E-state index < -0.39 is 0 Å². The lowest BCUT2D eigenvalue weighted by Gasteiger charge is -2.09. The molecule has 0 saturated carbocycles. The lowest BCUT2D eigenvalue weighted by atomic mass is 10.1. The molecule has 0 heterocycles. The predicted molar refractivity (Wildman–Crippen MR) is 80.0 cm³/mol. The Morgan fingerprint density at radius 1 is 1.16 bits per heavy atom. The first-order chi connectivity index (χ1) is 8.97.